The number of hydrogen-bond acceptors (Lipinski definition) is 4. The molecule has 0 radical (unpaired) electrons. The molecule has 104 valence electrons. The molecule has 0 aliphatic rings. The first-order valence-electron chi connectivity index (χ1n) is 6.07. The van der Waals surface area contributed by atoms with Crippen molar-refractivity contribution in [2.45, 2.75) is 38.6 Å². The molecule has 1 amide bonds. The minimum Gasteiger partial charge on any atom is -0.481 e. The summed E-state index contributed by atoms with van der Waals surface area (Å²) in [6.07, 6.45) is 0.724. The zero-order chi connectivity index (χ0) is 14.3. The van der Waals surface area contributed by atoms with Gasteiger partial charge in [-0.05, 0) is 24.8 Å². The summed E-state index contributed by atoms with van der Waals surface area (Å²) in [4.78, 5) is 34.3. The highest BCUT2D eigenvalue weighted by molar-refractivity contribution is 7.12. The Labute approximate surface area is 115 Å². The lowest BCUT2D eigenvalue weighted by Gasteiger charge is -2.12. The van der Waals surface area contributed by atoms with Gasteiger partial charge in [0.15, 0.2) is 5.78 Å². The van der Waals surface area contributed by atoms with Crippen molar-refractivity contribution in [3.8, 4) is 0 Å². The van der Waals surface area contributed by atoms with Crippen LogP contribution in [0.3, 0.4) is 0 Å². The van der Waals surface area contributed by atoms with E-state index < -0.39 is 5.97 Å². The smallest absolute Gasteiger partial charge is 0.303 e. The third-order valence-electron chi connectivity index (χ3n) is 2.57. The molecule has 0 spiro atoms. The molecule has 1 unspecified atom stereocenters. The predicted octanol–water partition coefficient (Wildman–Crippen LogP) is 2.08. The summed E-state index contributed by atoms with van der Waals surface area (Å²) in [5.74, 6) is -1.14. The second-order valence-corrected chi connectivity index (χ2v) is 5.25. The van der Waals surface area contributed by atoms with Gasteiger partial charge in [-0.25, -0.2) is 0 Å². The number of Topliss-reactive ketones (excluding diaryl/α,β-unsaturated/α-hetero) is 1. The number of carboxylic acid groups (broad SMARTS) is 1. The van der Waals surface area contributed by atoms with E-state index in [1.807, 2.05) is 5.38 Å². The maximum absolute atomic E-state index is 11.7. The Balaban J connectivity index is 2.24. The molecule has 0 aromatic carbocycles. The summed E-state index contributed by atoms with van der Waals surface area (Å²) in [5, 5.41) is 13.0. The minimum atomic E-state index is -0.881. The molecule has 0 fully saturated rings. The van der Waals surface area contributed by atoms with Gasteiger partial charge in [-0.2, -0.15) is 0 Å². The van der Waals surface area contributed by atoms with E-state index in [9.17, 15) is 14.4 Å². The van der Waals surface area contributed by atoms with Gasteiger partial charge < -0.3 is 10.4 Å². The van der Waals surface area contributed by atoms with Crippen LogP contribution >= 0.6 is 11.3 Å². The maximum atomic E-state index is 11.7. The Morgan fingerprint density at radius 3 is 2.63 bits per heavy atom. The van der Waals surface area contributed by atoms with Crippen LogP contribution in [0.4, 0.5) is 0 Å². The highest BCUT2D eigenvalue weighted by atomic mass is 32.1. The summed E-state index contributed by atoms with van der Waals surface area (Å²) >= 11 is 1.36. The Bertz CT molecular complexity index is 442. The SMILES string of the molecule is CC(CCC(=O)O)NC(=O)CCC(=O)c1cccs1. The van der Waals surface area contributed by atoms with Crippen molar-refractivity contribution < 1.29 is 19.5 Å². The van der Waals surface area contributed by atoms with Gasteiger partial charge in [-0.1, -0.05) is 6.07 Å². The van der Waals surface area contributed by atoms with Crippen molar-refractivity contribution in [3.05, 3.63) is 22.4 Å². The van der Waals surface area contributed by atoms with E-state index >= 15 is 0 Å². The number of carbonyl (C=O) groups is 3. The van der Waals surface area contributed by atoms with Gasteiger partial charge in [0, 0.05) is 25.3 Å². The second-order valence-electron chi connectivity index (χ2n) is 4.30. The third kappa shape index (κ3) is 6.15. The number of thiophene rings is 1. The molecular formula is C13H17NO4S. The van der Waals surface area contributed by atoms with Crippen LogP contribution in [0.2, 0.25) is 0 Å². The second kappa shape index (κ2) is 7.68. The molecule has 0 bridgehead atoms. The van der Waals surface area contributed by atoms with Gasteiger partial charge in [0.2, 0.25) is 5.91 Å². The lowest BCUT2D eigenvalue weighted by Crippen LogP contribution is -2.33. The van der Waals surface area contributed by atoms with E-state index in [0.29, 0.717) is 11.3 Å². The number of rotatable bonds is 8. The first kappa shape index (κ1) is 15.4. The van der Waals surface area contributed by atoms with E-state index in [-0.39, 0.29) is 37.0 Å². The molecule has 6 heteroatoms. The Hall–Kier alpha value is -1.69. The molecular weight excluding hydrogens is 266 g/mol. The van der Waals surface area contributed by atoms with Crippen molar-refractivity contribution in [1.82, 2.24) is 5.32 Å². The van der Waals surface area contributed by atoms with Gasteiger partial charge in [0.1, 0.15) is 0 Å². The molecule has 0 aliphatic carbocycles. The normalized spacial score (nSPS) is 11.8. The number of amides is 1. The largest absolute Gasteiger partial charge is 0.481 e. The summed E-state index contributed by atoms with van der Waals surface area (Å²) in [5.41, 5.74) is 0. The molecule has 19 heavy (non-hydrogen) atoms. The first-order valence-corrected chi connectivity index (χ1v) is 6.95. The van der Waals surface area contributed by atoms with Crippen molar-refractivity contribution in [2.24, 2.45) is 0 Å². The van der Waals surface area contributed by atoms with Crippen LogP contribution in [0.5, 0.6) is 0 Å². The average Bonchev–Trinajstić information content (AvgIpc) is 2.87. The Morgan fingerprint density at radius 2 is 2.05 bits per heavy atom. The summed E-state index contributed by atoms with van der Waals surface area (Å²) < 4.78 is 0. The molecule has 1 atom stereocenters. The van der Waals surface area contributed by atoms with Crippen LogP contribution in [0, 0.1) is 0 Å². The van der Waals surface area contributed by atoms with Crippen LogP contribution in [0.15, 0.2) is 17.5 Å². The number of hydrogen-bond donors (Lipinski definition) is 2. The summed E-state index contributed by atoms with van der Waals surface area (Å²) in [6.45, 7) is 1.75. The lowest BCUT2D eigenvalue weighted by molar-refractivity contribution is -0.137. The quantitative estimate of drug-likeness (QED) is 0.715. The molecule has 1 aromatic rings. The zero-order valence-corrected chi connectivity index (χ0v) is 11.5. The number of carbonyl (C=O) groups excluding carboxylic acids is 2. The van der Waals surface area contributed by atoms with E-state index in [0.717, 1.165) is 0 Å². The van der Waals surface area contributed by atoms with Gasteiger partial charge in [0.25, 0.3) is 0 Å². The Morgan fingerprint density at radius 1 is 1.32 bits per heavy atom. The van der Waals surface area contributed by atoms with Crippen molar-refractivity contribution in [3.63, 3.8) is 0 Å². The monoisotopic (exact) mass is 283 g/mol. The molecule has 2 N–H and O–H groups in total. The van der Waals surface area contributed by atoms with Crippen LogP contribution < -0.4 is 5.32 Å². The highest BCUT2D eigenvalue weighted by Crippen LogP contribution is 2.12. The molecule has 1 rings (SSSR count). The molecule has 5 nitrogen and oxygen atoms in total. The average molecular weight is 283 g/mol. The third-order valence-corrected chi connectivity index (χ3v) is 3.48. The molecule has 0 saturated heterocycles. The maximum Gasteiger partial charge on any atom is 0.303 e. The van der Waals surface area contributed by atoms with Crippen molar-refractivity contribution in [2.75, 3.05) is 0 Å². The minimum absolute atomic E-state index is 0.0234. The van der Waals surface area contributed by atoms with Crippen LogP contribution in [-0.2, 0) is 9.59 Å². The Kier molecular flexibility index (Phi) is 6.21. The fraction of sp³-hybridized carbons (Fsp3) is 0.462. The van der Waals surface area contributed by atoms with E-state index in [4.69, 9.17) is 5.11 Å². The summed E-state index contributed by atoms with van der Waals surface area (Å²) in [7, 11) is 0. The van der Waals surface area contributed by atoms with Crippen LogP contribution in [-0.4, -0.2) is 28.8 Å². The van der Waals surface area contributed by atoms with Crippen molar-refractivity contribution >= 4 is 29.0 Å². The van der Waals surface area contributed by atoms with E-state index in [2.05, 4.69) is 5.32 Å². The number of nitrogens with one attached hydrogen (secondary N) is 1. The molecule has 1 heterocycles. The predicted molar refractivity (Wildman–Crippen MR) is 72.4 cm³/mol. The fourth-order valence-corrected chi connectivity index (χ4v) is 2.24. The standard InChI is InChI=1S/C13H17NO4S/c1-9(4-7-13(17)18)14-12(16)6-5-10(15)11-3-2-8-19-11/h2-3,8-9H,4-7H2,1H3,(H,14,16)(H,17,18). The molecule has 0 aliphatic heterocycles. The lowest BCUT2D eigenvalue weighted by atomic mass is 10.1. The number of ketones is 1. The number of aliphatic carboxylic acids is 1. The molecule has 0 saturated carbocycles. The fourth-order valence-electron chi connectivity index (χ4n) is 1.55. The van der Waals surface area contributed by atoms with E-state index in [1.54, 1.807) is 19.1 Å². The van der Waals surface area contributed by atoms with Crippen molar-refractivity contribution in [1.29, 1.82) is 0 Å². The molecule has 1 aromatic heterocycles. The van der Waals surface area contributed by atoms with Crippen LogP contribution in [0.25, 0.3) is 0 Å². The van der Waals surface area contributed by atoms with E-state index in [1.165, 1.54) is 11.3 Å². The summed E-state index contributed by atoms with van der Waals surface area (Å²) in [6, 6.07) is 3.34. The van der Waals surface area contributed by atoms with Crippen LogP contribution in [0.1, 0.15) is 42.3 Å². The van der Waals surface area contributed by atoms with Gasteiger partial charge in [-0.3, -0.25) is 14.4 Å². The highest BCUT2D eigenvalue weighted by Gasteiger charge is 2.12. The topological polar surface area (TPSA) is 83.5 Å². The van der Waals surface area contributed by atoms with Gasteiger partial charge in [0.05, 0.1) is 4.88 Å². The zero-order valence-electron chi connectivity index (χ0n) is 10.7. The number of carboxylic acids is 1. The first-order chi connectivity index (χ1) is 8.99. The van der Waals surface area contributed by atoms with Gasteiger partial charge in [-0.15, -0.1) is 11.3 Å². The van der Waals surface area contributed by atoms with Gasteiger partial charge >= 0.3 is 5.97 Å².